The number of rotatable bonds is 16. The first-order valence-corrected chi connectivity index (χ1v) is 11.4. The van der Waals surface area contributed by atoms with E-state index >= 15 is 0 Å². The number of amides is 2. The number of allylic oxidation sites excluding steroid dienone is 2. The zero-order chi connectivity index (χ0) is 25.5. The van der Waals surface area contributed by atoms with Crippen molar-refractivity contribution in [2.75, 3.05) is 20.3 Å². The molecular weight excluding hydrogens is 436 g/mol. The van der Waals surface area contributed by atoms with Gasteiger partial charge in [0, 0.05) is 19.6 Å². The first kappa shape index (κ1) is 29.1. The Morgan fingerprint density at radius 2 is 1.71 bits per heavy atom. The third-order valence-corrected chi connectivity index (χ3v) is 5.27. The summed E-state index contributed by atoms with van der Waals surface area (Å²) < 4.78 is 11.2. The van der Waals surface area contributed by atoms with Crippen LogP contribution in [0.3, 0.4) is 0 Å². The van der Waals surface area contributed by atoms with Crippen molar-refractivity contribution in [3.63, 3.8) is 0 Å². The van der Waals surface area contributed by atoms with Crippen molar-refractivity contribution in [3.8, 4) is 0 Å². The van der Waals surface area contributed by atoms with Gasteiger partial charge in [0.25, 0.3) is 0 Å². The fourth-order valence-corrected chi connectivity index (χ4v) is 3.39. The van der Waals surface area contributed by atoms with Crippen LogP contribution in [-0.2, 0) is 23.9 Å². The maximum atomic E-state index is 13.2. The lowest BCUT2D eigenvalue weighted by atomic mass is 9.97. The van der Waals surface area contributed by atoms with E-state index in [0.717, 1.165) is 0 Å². The fraction of sp³-hybridized carbons (Fsp3) is 0.500. The number of carbonyl (C=O) groups is 3. The maximum Gasteiger partial charge on any atom is 0.309 e. The van der Waals surface area contributed by atoms with Gasteiger partial charge in [-0.25, -0.2) is 0 Å². The highest BCUT2D eigenvalue weighted by Crippen LogP contribution is 2.25. The summed E-state index contributed by atoms with van der Waals surface area (Å²) in [5.74, 6) is -2.23. The number of hydrogen-bond donors (Lipinski definition) is 3. The zero-order valence-corrected chi connectivity index (χ0v) is 20.4. The Morgan fingerprint density at radius 1 is 1.06 bits per heavy atom. The number of ether oxygens (including phenoxy) is 2. The summed E-state index contributed by atoms with van der Waals surface area (Å²) in [6, 6.07) is 8.02. The van der Waals surface area contributed by atoms with Gasteiger partial charge in [0.05, 0.1) is 31.1 Å². The summed E-state index contributed by atoms with van der Waals surface area (Å²) in [6.07, 6.45) is 3.10. The Labute approximate surface area is 202 Å². The summed E-state index contributed by atoms with van der Waals surface area (Å²) in [5, 5.41) is 14.7. The smallest absolute Gasteiger partial charge is 0.309 e. The lowest BCUT2D eigenvalue weighted by molar-refractivity contribution is -0.157. The van der Waals surface area contributed by atoms with E-state index in [4.69, 9.17) is 14.6 Å². The zero-order valence-electron chi connectivity index (χ0n) is 20.4. The van der Waals surface area contributed by atoms with Gasteiger partial charge in [0.15, 0.2) is 0 Å². The molecule has 188 valence electrons. The molecule has 0 aliphatic rings. The molecule has 0 saturated heterocycles. The van der Waals surface area contributed by atoms with Crippen LogP contribution < -0.4 is 10.6 Å². The summed E-state index contributed by atoms with van der Waals surface area (Å²) in [5.41, 5.74) is 0.707. The van der Waals surface area contributed by atoms with E-state index in [1.807, 2.05) is 30.3 Å². The highest BCUT2D eigenvalue weighted by molar-refractivity contribution is 5.86. The highest BCUT2D eigenvalue weighted by Gasteiger charge is 2.32. The molecule has 8 nitrogen and oxygen atoms in total. The SMILES string of the molecule is C=CC[C@@H](CC(=O)N[C@@H](C)CO)C(=O)N[C@@H](COC)[C@@H](OC(=O)[C@@H](C)CC=C)c1ccccc1. The molecule has 2 amide bonds. The van der Waals surface area contributed by atoms with Crippen molar-refractivity contribution in [1.29, 1.82) is 0 Å². The second kappa shape index (κ2) is 15.8. The highest BCUT2D eigenvalue weighted by atomic mass is 16.5. The van der Waals surface area contributed by atoms with Gasteiger partial charge in [-0.15, -0.1) is 13.2 Å². The largest absolute Gasteiger partial charge is 0.455 e. The van der Waals surface area contributed by atoms with Gasteiger partial charge in [-0.2, -0.15) is 0 Å². The van der Waals surface area contributed by atoms with Crippen molar-refractivity contribution < 1.29 is 29.0 Å². The van der Waals surface area contributed by atoms with Crippen LogP contribution in [0.1, 0.15) is 44.8 Å². The second-order valence-corrected chi connectivity index (χ2v) is 8.34. The van der Waals surface area contributed by atoms with Crippen LogP contribution in [0.15, 0.2) is 55.6 Å². The minimum Gasteiger partial charge on any atom is -0.455 e. The number of aliphatic hydroxyl groups is 1. The van der Waals surface area contributed by atoms with E-state index in [1.165, 1.54) is 7.11 Å². The van der Waals surface area contributed by atoms with Gasteiger partial charge in [0.2, 0.25) is 11.8 Å². The maximum absolute atomic E-state index is 13.2. The third-order valence-electron chi connectivity index (χ3n) is 5.27. The standard InChI is InChI=1S/C26H38N2O6/c1-6-11-18(3)26(32)34-24(20-13-9-8-10-14-20)22(17-33-5)28-25(31)21(12-7-2)15-23(30)27-19(4)16-29/h6-10,13-14,18-19,21-22,24,29H,1-2,11-12,15-17H2,3-5H3,(H,27,30)(H,28,31)/t18-,19-,21-,22-,24-/m0/s1. The van der Waals surface area contributed by atoms with E-state index in [0.29, 0.717) is 12.0 Å². The van der Waals surface area contributed by atoms with Crippen molar-refractivity contribution in [2.24, 2.45) is 11.8 Å². The summed E-state index contributed by atoms with van der Waals surface area (Å²) in [7, 11) is 1.49. The average molecular weight is 475 g/mol. The van der Waals surface area contributed by atoms with Gasteiger partial charge in [-0.3, -0.25) is 14.4 Å². The molecule has 0 fully saturated rings. The van der Waals surface area contributed by atoms with Gasteiger partial charge >= 0.3 is 5.97 Å². The molecule has 34 heavy (non-hydrogen) atoms. The molecule has 0 aliphatic carbocycles. The molecule has 0 aromatic heterocycles. The Hall–Kier alpha value is -2.97. The van der Waals surface area contributed by atoms with Crippen LogP contribution in [0.2, 0.25) is 0 Å². The van der Waals surface area contributed by atoms with E-state index in [1.54, 1.807) is 26.0 Å². The molecule has 0 aliphatic heterocycles. The van der Waals surface area contributed by atoms with Crippen molar-refractivity contribution >= 4 is 17.8 Å². The molecule has 0 saturated carbocycles. The van der Waals surface area contributed by atoms with E-state index in [9.17, 15) is 14.4 Å². The van der Waals surface area contributed by atoms with Crippen LogP contribution in [0.4, 0.5) is 0 Å². The summed E-state index contributed by atoms with van der Waals surface area (Å²) in [6.45, 7) is 10.7. The predicted molar refractivity (Wildman–Crippen MR) is 131 cm³/mol. The molecule has 0 unspecified atom stereocenters. The molecule has 0 heterocycles. The molecule has 1 rings (SSSR count). The van der Waals surface area contributed by atoms with Crippen molar-refractivity contribution in [3.05, 3.63) is 61.2 Å². The monoisotopic (exact) mass is 474 g/mol. The van der Waals surface area contributed by atoms with Crippen LogP contribution in [0.5, 0.6) is 0 Å². The topological polar surface area (TPSA) is 114 Å². The normalized spacial score (nSPS) is 15.2. The number of benzene rings is 1. The van der Waals surface area contributed by atoms with E-state index in [-0.39, 0.29) is 37.9 Å². The minimum absolute atomic E-state index is 0.0753. The Balaban J connectivity index is 3.12. The number of carbonyl (C=O) groups excluding carboxylic acids is 3. The molecule has 1 aromatic carbocycles. The summed E-state index contributed by atoms with van der Waals surface area (Å²) >= 11 is 0. The number of nitrogens with one attached hydrogen (secondary N) is 2. The molecule has 0 spiro atoms. The number of aliphatic hydroxyl groups excluding tert-OH is 1. The van der Waals surface area contributed by atoms with Crippen molar-refractivity contribution in [1.82, 2.24) is 10.6 Å². The molecule has 5 atom stereocenters. The van der Waals surface area contributed by atoms with Gasteiger partial charge < -0.3 is 25.2 Å². The molecular formula is C26H38N2O6. The summed E-state index contributed by atoms with van der Waals surface area (Å²) in [4.78, 5) is 38.2. The third kappa shape index (κ3) is 9.89. The predicted octanol–water partition coefficient (Wildman–Crippen LogP) is 2.69. The van der Waals surface area contributed by atoms with Crippen LogP contribution >= 0.6 is 0 Å². The quantitative estimate of drug-likeness (QED) is 0.251. The molecule has 3 N–H and O–H groups in total. The number of hydrogen-bond acceptors (Lipinski definition) is 6. The Kier molecular flexibility index (Phi) is 13.5. The van der Waals surface area contributed by atoms with Gasteiger partial charge in [-0.1, -0.05) is 49.4 Å². The fourth-order valence-electron chi connectivity index (χ4n) is 3.39. The van der Waals surface area contributed by atoms with Gasteiger partial charge in [-0.05, 0) is 25.3 Å². The van der Waals surface area contributed by atoms with Crippen LogP contribution in [0, 0.1) is 11.8 Å². The van der Waals surface area contributed by atoms with E-state index in [2.05, 4.69) is 23.8 Å². The second-order valence-electron chi connectivity index (χ2n) is 8.34. The lowest BCUT2D eigenvalue weighted by Crippen LogP contribution is -2.47. The molecule has 0 bridgehead atoms. The Morgan fingerprint density at radius 3 is 2.26 bits per heavy atom. The minimum atomic E-state index is -0.794. The molecule has 0 radical (unpaired) electrons. The number of methoxy groups -OCH3 is 1. The van der Waals surface area contributed by atoms with E-state index < -0.39 is 36.0 Å². The molecule has 8 heteroatoms. The average Bonchev–Trinajstić information content (AvgIpc) is 2.82. The van der Waals surface area contributed by atoms with Crippen LogP contribution in [-0.4, -0.2) is 55.3 Å². The first-order chi connectivity index (χ1) is 16.3. The van der Waals surface area contributed by atoms with Gasteiger partial charge in [0.1, 0.15) is 6.10 Å². The number of esters is 1. The first-order valence-electron chi connectivity index (χ1n) is 11.4. The van der Waals surface area contributed by atoms with Crippen molar-refractivity contribution in [2.45, 2.75) is 51.3 Å². The lowest BCUT2D eigenvalue weighted by Gasteiger charge is -2.30. The van der Waals surface area contributed by atoms with Crippen LogP contribution in [0.25, 0.3) is 0 Å². The molecule has 1 aromatic rings. The Bertz CT molecular complexity index is 798.